The highest BCUT2D eigenvalue weighted by Crippen LogP contribution is 1.90. The van der Waals surface area contributed by atoms with Crippen molar-refractivity contribution in [3.8, 4) is 0 Å². The van der Waals surface area contributed by atoms with Crippen LogP contribution in [-0.4, -0.2) is 55.4 Å². The van der Waals surface area contributed by atoms with Gasteiger partial charge in [-0.25, -0.2) is 27.5 Å². The Morgan fingerprint density at radius 3 is 1.10 bits per heavy atom. The van der Waals surface area contributed by atoms with Crippen LogP contribution in [0.2, 0.25) is 0 Å². The van der Waals surface area contributed by atoms with Crippen molar-refractivity contribution >= 4 is 22.3 Å². The molecule has 21 heavy (non-hydrogen) atoms. The Hall–Kier alpha value is -1.87. The maximum Gasteiger partial charge on any atom is 0.394 e. The number of rotatable bonds is 4. The predicted octanol–water partition coefficient (Wildman–Crippen LogP) is -1.60. The molecule has 0 radical (unpaired) electrons. The number of alkyl halides is 4. The summed E-state index contributed by atoms with van der Waals surface area (Å²) < 4.78 is 76.3. The largest absolute Gasteiger partial charge is 0.394 e. The van der Waals surface area contributed by atoms with Gasteiger partial charge in [-0.2, -0.15) is 8.42 Å². The molecule has 10 nitrogen and oxygen atoms in total. The third-order valence-electron chi connectivity index (χ3n) is 0.824. The lowest BCUT2D eigenvalue weighted by atomic mass is 10.7. The van der Waals surface area contributed by atoms with Crippen LogP contribution < -0.4 is 22.9 Å². The first kappa shape index (κ1) is 24.2. The molecule has 0 aliphatic carbocycles. The standard InChI is InChI=1S/2C3H7F2N3.H2O4S/c2*4-2(5)1-8-3(6)7;1-5(2,3)4/h2*2H,1H2,(H4,6,7,8);(H2,1,2,3,4). The van der Waals surface area contributed by atoms with Crippen molar-refractivity contribution in [3.05, 3.63) is 0 Å². The molecule has 0 saturated heterocycles. The molecule has 0 unspecified atom stereocenters. The van der Waals surface area contributed by atoms with Crippen molar-refractivity contribution in [2.75, 3.05) is 13.1 Å². The van der Waals surface area contributed by atoms with Crippen LogP contribution in [0.15, 0.2) is 9.98 Å². The maximum atomic E-state index is 11.2. The number of nitrogens with zero attached hydrogens (tertiary/aromatic N) is 2. The lowest BCUT2D eigenvalue weighted by Crippen LogP contribution is -2.23. The highest BCUT2D eigenvalue weighted by atomic mass is 32.3. The van der Waals surface area contributed by atoms with Gasteiger partial charge in [0, 0.05) is 0 Å². The van der Waals surface area contributed by atoms with E-state index in [4.69, 9.17) is 40.5 Å². The van der Waals surface area contributed by atoms with Crippen LogP contribution in [-0.2, 0) is 10.4 Å². The van der Waals surface area contributed by atoms with E-state index in [0.717, 1.165) is 0 Å². The minimum Gasteiger partial charge on any atom is -0.370 e. The Labute approximate surface area is 117 Å². The monoisotopic (exact) mass is 344 g/mol. The molecule has 0 aromatic rings. The summed E-state index contributed by atoms with van der Waals surface area (Å²) in [6, 6.07) is 0. The number of hydrogen-bond donors (Lipinski definition) is 6. The maximum absolute atomic E-state index is 11.2. The summed E-state index contributed by atoms with van der Waals surface area (Å²) in [4.78, 5) is 6.09. The van der Waals surface area contributed by atoms with Crippen LogP contribution >= 0.6 is 0 Å². The molecule has 0 bridgehead atoms. The summed E-state index contributed by atoms with van der Waals surface area (Å²) in [7, 11) is -4.67. The van der Waals surface area contributed by atoms with Gasteiger partial charge in [0.2, 0.25) is 0 Å². The topological polar surface area (TPSA) is 203 Å². The van der Waals surface area contributed by atoms with E-state index >= 15 is 0 Å². The van der Waals surface area contributed by atoms with Gasteiger partial charge >= 0.3 is 10.4 Å². The number of guanidine groups is 2. The summed E-state index contributed by atoms with van der Waals surface area (Å²) in [6.45, 7) is -1.22. The molecule has 0 fully saturated rings. The van der Waals surface area contributed by atoms with E-state index < -0.39 is 36.3 Å². The summed E-state index contributed by atoms with van der Waals surface area (Å²) in [5.74, 6) is -0.601. The zero-order chi connectivity index (χ0) is 17.6. The first-order valence-electron chi connectivity index (χ1n) is 4.62. The van der Waals surface area contributed by atoms with Gasteiger partial charge < -0.3 is 22.9 Å². The Bertz CT molecular complexity index is 375. The first-order chi connectivity index (χ1) is 9.25. The molecule has 10 N–H and O–H groups in total. The SMILES string of the molecule is NC(N)=NCC(F)F.NC(N)=NCC(F)F.O=S(=O)(O)O. The molecule has 0 amide bonds. The molecule has 0 aliphatic rings. The van der Waals surface area contributed by atoms with Crippen molar-refractivity contribution < 1.29 is 35.1 Å². The van der Waals surface area contributed by atoms with Crippen LogP contribution in [0.5, 0.6) is 0 Å². The third kappa shape index (κ3) is 71.4. The number of aliphatic imine (C=N–C) groups is 2. The van der Waals surface area contributed by atoms with Gasteiger partial charge in [-0.15, -0.1) is 0 Å². The third-order valence-corrected chi connectivity index (χ3v) is 0.824. The fraction of sp³-hybridized carbons (Fsp3) is 0.667. The van der Waals surface area contributed by atoms with Crippen LogP contribution in [0.1, 0.15) is 0 Å². The Morgan fingerprint density at radius 1 is 0.857 bits per heavy atom. The second-order valence-corrected chi connectivity index (χ2v) is 3.66. The van der Waals surface area contributed by atoms with Crippen LogP contribution in [0.3, 0.4) is 0 Å². The van der Waals surface area contributed by atoms with E-state index in [9.17, 15) is 17.6 Å². The molecule has 0 atom stereocenters. The van der Waals surface area contributed by atoms with Crippen molar-refractivity contribution in [1.82, 2.24) is 0 Å². The fourth-order valence-corrected chi connectivity index (χ4v) is 0.349. The van der Waals surface area contributed by atoms with Crippen LogP contribution in [0.4, 0.5) is 17.6 Å². The highest BCUT2D eigenvalue weighted by Gasteiger charge is 1.98. The minimum atomic E-state index is -4.67. The summed E-state index contributed by atoms with van der Waals surface area (Å²) in [5.41, 5.74) is 18.9. The first-order valence-corrected chi connectivity index (χ1v) is 6.02. The van der Waals surface area contributed by atoms with Gasteiger partial charge in [-0.1, -0.05) is 0 Å². The van der Waals surface area contributed by atoms with Crippen molar-refractivity contribution in [1.29, 1.82) is 0 Å². The Kier molecular flexibility index (Phi) is 15.1. The van der Waals surface area contributed by atoms with Crippen molar-refractivity contribution in [2.24, 2.45) is 32.9 Å². The molecule has 0 aromatic carbocycles. The predicted molar refractivity (Wildman–Crippen MR) is 67.5 cm³/mol. The smallest absolute Gasteiger partial charge is 0.370 e. The second kappa shape index (κ2) is 13.1. The molecule has 15 heteroatoms. The lowest BCUT2D eigenvalue weighted by molar-refractivity contribution is 0.158. The number of halogens is 4. The van der Waals surface area contributed by atoms with Gasteiger partial charge in [0.05, 0.1) is 0 Å². The quantitative estimate of drug-likeness (QED) is 0.151. The Balaban J connectivity index is -0.000000239. The second-order valence-electron chi connectivity index (χ2n) is 2.76. The fourth-order valence-electron chi connectivity index (χ4n) is 0.349. The average Bonchev–Trinajstić information content (AvgIpc) is 2.22. The zero-order valence-electron chi connectivity index (χ0n) is 10.4. The lowest BCUT2D eigenvalue weighted by Gasteiger charge is -1.90. The molecule has 0 spiro atoms. The number of hydrogen-bond acceptors (Lipinski definition) is 4. The summed E-state index contributed by atoms with van der Waals surface area (Å²) in [5, 5.41) is 0. The Morgan fingerprint density at radius 2 is 1.05 bits per heavy atom. The molecule has 0 aromatic heterocycles. The molecule has 128 valence electrons. The van der Waals surface area contributed by atoms with Crippen molar-refractivity contribution in [2.45, 2.75) is 12.9 Å². The van der Waals surface area contributed by atoms with Crippen molar-refractivity contribution in [3.63, 3.8) is 0 Å². The highest BCUT2D eigenvalue weighted by molar-refractivity contribution is 7.79. The van der Waals surface area contributed by atoms with Crippen LogP contribution in [0.25, 0.3) is 0 Å². The molecule has 0 saturated carbocycles. The van der Waals surface area contributed by atoms with Gasteiger partial charge in [-0.3, -0.25) is 9.11 Å². The van der Waals surface area contributed by atoms with E-state index in [1.165, 1.54) is 0 Å². The van der Waals surface area contributed by atoms with E-state index in [-0.39, 0.29) is 11.9 Å². The molecular weight excluding hydrogens is 328 g/mol. The van der Waals surface area contributed by atoms with Gasteiger partial charge in [0.25, 0.3) is 12.9 Å². The van der Waals surface area contributed by atoms with Crippen LogP contribution in [0, 0.1) is 0 Å². The normalized spacial score (nSPS) is 9.90. The number of nitrogens with two attached hydrogens (primary N) is 4. The molecule has 0 rings (SSSR count). The van der Waals surface area contributed by atoms with Gasteiger partial charge in [-0.05, 0) is 0 Å². The summed E-state index contributed by atoms with van der Waals surface area (Å²) >= 11 is 0. The van der Waals surface area contributed by atoms with E-state index in [0.29, 0.717) is 0 Å². The van der Waals surface area contributed by atoms with E-state index in [1.54, 1.807) is 0 Å². The summed E-state index contributed by atoms with van der Waals surface area (Å²) in [6.07, 6.45) is -4.92. The van der Waals surface area contributed by atoms with E-state index in [1.807, 2.05) is 0 Å². The van der Waals surface area contributed by atoms with Gasteiger partial charge in [0.15, 0.2) is 11.9 Å². The van der Waals surface area contributed by atoms with Gasteiger partial charge in [0.1, 0.15) is 13.1 Å². The molecule has 0 aliphatic heterocycles. The van der Waals surface area contributed by atoms with E-state index in [2.05, 4.69) is 9.98 Å². The molecular formula is C6H16F4N6O4S. The molecule has 0 heterocycles. The zero-order valence-corrected chi connectivity index (χ0v) is 11.2. The average molecular weight is 344 g/mol. The minimum absolute atomic E-state index is 0.301.